The minimum Gasteiger partial charge on any atom is -0.497 e. The van der Waals surface area contributed by atoms with Gasteiger partial charge in [0.2, 0.25) is 5.89 Å². The second kappa shape index (κ2) is 6.52. The normalized spacial score (nSPS) is 14.0. The van der Waals surface area contributed by atoms with E-state index in [4.69, 9.17) is 9.26 Å². The van der Waals surface area contributed by atoms with Crippen LogP contribution >= 0.6 is 0 Å². The Morgan fingerprint density at radius 3 is 2.85 bits per heavy atom. The molecule has 1 heterocycles. The van der Waals surface area contributed by atoms with Gasteiger partial charge in [-0.15, -0.1) is 0 Å². The quantitative estimate of drug-likeness (QED) is 0.877. The average molecular weight is 275 g/mol. The van der Waals surface area contributed by atoms with Crippen LogP contribution in [0.15, 0.2) is 28.8 Å². The fraction of sp³-hybridized carbons (Fsp3) is 0.467. The Bertz CT molecular complexity index is 554. The molecule has 0 aliphatic carbocycles. The molecular formula is C15H21N3O2. The van der Waals surface area contributed by atoms with Gasteiger partial charge in [0.05, 0.1) is 13.0 Å². The van der Waals surface area contributed by atoms with Crippen molar-refractivity contribution in [3.63, 3.8) is 0 Å². The number of ether oxygens (including phenoxy) is 1. The van der Waals surface area contributed by atoms with E-state index in [0.717, 1.165) is 23.6 Å². The minimum absolute atomic E-state index is 0.0521. The molecule has 2 atom stereocenters. The van der Waals surface area contributed by atoms with Crippen molar-refractivity contribution in [2.45, 2.75) is 32.2 Å². The lowest BCUT2D eigenvalue weighted by Crippen LogP contribution is -2.24. The number of rotatable bonds is 6. The van der Waals surface area contributed by atoms with Crippen LogP contribution in [-0.2, 0) is 6.42 Å². The van der Waals surface area contributed by atoms with E-state index in [1.807, 2.05) is 38.2 Å². The van der Waals surface area contributed by atoms with Crippen LogP contribution in [0.25, 0.3) is 0 Å². The summed E-state index contributed by atoms with van der Waals surface area (Å²) in [5.41, 5.74) is 1.10. The molecule has 0 bridgehead atoms. The van der Waals surface area contributed by atoms with Gasteiger partial charge in [-0.05, 0) is 38.6 Å². The highest BCUT2D eigenvalue weighted by molar-refractivity contribution is 5.32. The maximum atomic E-state index is 5.37. The predicted octanol–water partition coefficient (Wildman–Crippen LogP) is 2.38. The van der Waals surface area contributed by atoms with Crippen molar-refractivity contribution in [3.05, 3.63) is 41.5 Å². The molecule has 0 aliphatic rings. The predicted molar refractivity (Wildman–Crippen MR) is 77.0 cm³/mol. The molecule has 20 heavy (non-hydrogen) atoms. The summed E-state index contributed by atoms with van der Waals surface area (Å²) < 4.78 is 10.6. The molecule has 0 fully saturated rings. The third kappa shape index (κ3) is 3.36. The molecule has 0 amide bonds. The molecule has 0 saturated carbocycles. The van der Waals surface area contributed by atoms with Crippen molar-refractivity contribution < 1.29 is 9.26 Å². The molecule has 0 spiro atoms. The van der Waals surface area contributed by atoms with Gasteiger partial charge in [-0.1, -0.05) is 17.3 Å². The number of likely N-dealkylation sites (N-methyl/N-ethyl adjacent to an activating group) is 1. The standard InChI is InChI=1S/C15H21N3O2/c1-10(16-3)8-14-17-15(20-18-14)11(2)12-6-5-7-13(9-12)19-4/h5-7,9-11,16H,8H2,1-4H3. The number of hydrogen-bond donors (Lipinski definition) is 1. The Hall–Kier alpha value is -1.88. The Morgan fingerprint density at radius 1 is 1.35 bits per heavy atom. The third-order valence-corrected chi connectivity index (χ3v) is 3.43. The van der Waals surface area contributed by atoms with E-state index in [1.165, 1.54) is 0 Å². The fourth-order valence-electron chi connectivity index (χ4n) is 1.96. The second-order valence-corrected chi connectivity index (χ2v) is 4.94. The van der Waals surface area contributed by atoms with Crippen molar-refractivity contribution in [3.8, 4) is 5.75 Å². The smallest absolute Gasteiger partial charge is 0.233 e. The molecule has 0 aliphatic heterocycles. The number of hydrogen-bond acceptors (Lipinski definition) is 5. The van der Waals surface area contributed by atoms with Crippen LogP contribution in [0.3, 0.4) is 0 Å². The Balaban J connectivity index is 2.14. The van der Waals surface area contributed by atoms with Crippen LogP contribution in [0.4, 0.5) is 0 Å². The van der Waals surface area contributed by atoms with E-state index in [9.17, 15) is 0 Å². The van der Waals surface area contributed by atoms with Gasteiger partial charge in [-0.25, -0.2) is 0 Å². The monoisotopic (exact) mass is 275 g/mol. The molecule has 1 N–H and O–H groups in total. The molecule has 2 rings (SSSR count). The Labute approximate surface area is 119 Å². The van der Waals surface area contributed by atoms with E-state index in [-0.39, 0.29) is 5.92 Å². The first kappa shape index (κ1) is 14.5. The highest BCUT2D eigenvalue weighted by Gasteiger charge is 2.17. The molecule has 1 aromatic heterocycles. The van der Waals surface area contributed by atoms with E-state index in [0.29, 0.717) is 11.9 Å². The first-order valence-electron chi connectivity index (χ1n) is 6.77. The third-order valence-electron chi connectivity index (χ3n) is 3.43. The topological polar surface area (TPSA) is 60.2 Å². The summed E-state index contributed by atoms with van der Waals surface area (Å²) in [5.74, 6) is 2.25. The van der Waals surface area contributed by atoms with E-state index in [2.05, 4.69) is 22.4 Å². The minimum atomic E-state index is 0.0521. The molecule has 0 saturated heterocycles. The first-order chi connectivity index (χ1) is 9.63. The molecule has 5 nitrogen and oxygen atoms in total. The van der Waals surface area contributed by atoms with Crippen LogP contribution < -0.4 is 10.1 Å². The molecular weight excluding hydrogens is 254 g/mol. The highest BCUT2D eigenvalue weighted by atomic mass is 16.5. The van der Waals surface area contributed by atoms with Crippen molar-refractivity contribution in [1.29, 1.82) is 0 Å². The van der Waals surface area contributed by atoms with Crippen LogP contribution in [0.5, 0.6) is 5.75 Å². The van der Waals surface area contributed by atoms with Gasteiger partial charge < -0.3 is 14.6 Å². The van der Waals surface area contributed by atoms with Crippen molar-refractivity contribution in [1.82, 2.24) is 15.5 Å². The van der Waals surface area contributed by atoms with E-state index < -0.39 is 0 Å². The summed E-state index contributed by atoms with van der Waals surface area (Å²) in [6.07, 6.45) is 0.755. The summed E-state index contributed by atoms with van der Waals surface area (Å²) in [6.45, 7) is 4.13. The maximum absolute atomic E-state index is 5.37. The van der Waals surface area contributed by atoms with Gasteiger partial charge in [0.1, 0.15) is 5.75 Å². The molecule has 0 radical (unpaired) electrons. The average Bonchev–Trinajstić information content (AvgIpc) is 2.94. The van der Waals surface area contributed by atoms with Gasteiger partial charge in [0.15, 0.2) is 5.82 Å². The van der Waals surface area contributed by atoms with Crippen molar-refractivity contribution >= 4 is 0 Å². The second-order valence-electron chi connectivity index (χ2n) is 4.94. The van der Waals surface area contributed by atoms with Crippen LogP contribution in [0.2, 0.25) is 0 Å². The first-order valence-corrected chi connectivity index (χ1v) is 6.77. The van der Waals surface area contributed by atoms with Crippen LogP contribution in [0.1, 0.15) is 37.0 Å². The number of methoxy groups -OCH3 is 1. The van der Waals surface area contributed by atoms with Crippen molar-refractivity contribution in [2.75, 3.05) is 14.2 Å². The number of nitrogens with one attached hydrogen (secondary N) is 1. The van der Waals surface area contributed by atoms with Crippen LogP contribution in [-0.4, -0.2) is 30.3 Å². The zero-order valence-electron chi connectivity index (χ0n) is 12.4. The molecule has 5 heteroatoms. The summed E-state index contributed by atoms with van der Waals surface area (Å²) in [7, 11) is 3.58. The molecule has 1 aromatic carbocycles. The summed E-state index contributed by atoms with van der Waals surface area (Å²) in [4.78, 5) is 4.47. The summed E-state index contributed by atoms with van der Waals surface area (Å²) in [6, 6.07) is 8.24. The van der Waals surface area contributed by atoms with Gasteiger partial charge in [-0.2, -0.15) is 4.98 Å². The summed E-state index contributed by atoms with van der Waals surface area (Å²) >= 11 is 0. The zero-order valence-corrected chi connectivity index (χ0v) is 12.4. The highest BCUT2D eigenvalue weighted by Crippen LogP contribution is 2.25. The van der Waals surface area contributed by atoms with Crippen molar-refractivity contribution in [2.24, 2.45) is 0 Å². The number of aromatic nitrogens is 2. The van der Waals surface area contributed by atoms with Crippen LogP contribution in [0, 0.1) is 0 Å². The molecule has 2 aromatic rings. The fourth-order valence-corrected chi connectivity index (χ4v) is 1.96. The summed E-state index contributed by atoms with van der Waals surface area (Å²) in [5, 5.41) is 7.20. The zero-order chi connectivity index (χ0) is 14.5. The van der Waals surface area contributed by atoms with Gasteiger partial charge >= 0.3 is 0 Å². The lowest BCUT2D eigenvalue weighted by molar-refractivity contribution is 0.363. The Morgan fingerprint density at radius 2 is 2.15 bits per heavy atom. The van der Waals surface area contributed by atoms with Gasteiger partial charge in [0.25, 0.3) is 0 Å². The van der Waals surface area contributed by atoms with E-state index in [1.54, 1.807) is 7.11 Å². The molecule has 108 valence electrons. The van der Waals surface area contributed by atoms with Gasteiger partial charge in [0, 0.05) is 12.5 Å². The lowest BCUT2D eigenvalue weighted by Gasteiger charge is -2.08. The van der Waals surface area contributed by atoms with E-state index >= 15 is 0 Å². The number of benzene rings is 1. The lowest BCUT2D eigenvalue weighted by atomic mass is 10.0. The largest absolute Gasteiger partial charge is 0.497 e. The maximum Gasteiger partial charge on any atom is 0.233 e. The SMILES string of the molecule is CNC(C)Cc1noc(C(C)c2cccc(OC)c2)n1. The number of nitrogens with zero attached hydrogens (tertiary/aromatic N) is 2. The van der Waals surface area contributed by atoms with Gasteiger partial charge in [-0.3, -0.25) is 0 Å². The molecule has 2 unspecified atom stereocenters. The Kier molecular flexibility index (Phi) is 4.74.